The summed E-state index contributed by atoms with van der Waals surface area (Å²) < 4.78 is 1.90. The Bertz CT molecular complexity index is 276. The normalized spacial score (nSPS) is 17.8. The molecule has 1 heterocycles. The lowest BCUT2D eigenvalue weighted by Gasteiger charge is -2.25. The molecule has 0 saturated heterocycles. The van der Waals surface area contributed by atoms with Gasteiger partial charge in [0, 0.05) is 18.7 Å². The number of nitrogens with zero attached hydrogens (tertiary/aromatic N) is 2. The van der Waals surface area contributed by atoms with E-state index in [1.165, 1.54) is 25.0 Å². The summed E-state index contributed by atoms with van der Waals surface area (Å²) in [6.07, 6.45) is 3.90. The van der Waals surface area contributed by atoms with Crippen molar-refractivity contribution in [1.29, 1.82) is 0 Å². The van der Waals surface area contributed by atoms with Gasteiger partial charge in [0.1, 0.15) is 0 Å². The Hall–Kier alpha value is -0.830. The second-order valence-electron chi connectivity index (χ2n) is 3.47. The summed E-state index contributed by atoms with van der Waals surface area (Å²) in [4.78, 5) is 0. The third kappa shape index (κ3) is 1.14. The smallest absolute Gasteiger partial charge is 0.0881 e. The summed E-state index contributed by atoms with van der Waals surface area (Å²) in [6, 6.07) is 2.02. The van der Waals surface area contributed by atoms with Gasteiger partial charge in [-0.15, -0.1) is 0 Å². The standard InChI is InChI=1S/C9H14N2O/c1-11-9(7-3-2-4-7)5-8(6-12)10-11/h5,7,12H,2-4,6H2,1H3. The monoisotopic (exact) mass is 166 g/mol. The highest BCUT2D eigenvalue weighted by Gasteiger charge is 2.22. The van der Waals surface area contributed by atoms with E-state index in [1.54, 1.807) is 0 Å². The van der Waals surface area contributed by atoms with Gasteiger partial charge in [-0.25, -0.2) is 0 Å². The van der Waals surface area contributed by atoms with Crippen LogP contribution >= 0.6 is 0 Å². The van der Waals surface area contributed by atoms with Crippen molar-refractivity contribution in [2.45, 2.75) is 31.8 Å². The SMILES string of the molecule is Cn1nc(CO)cc1C1CCC1. The topological polar surface area (TPSA) is 38.0 Å². The van der Waals surface area contributed by atoms with E-state index in [1.807, 2.05) is 17.8 Å². The van der Waals surface area contributed by atoms with Crippen molar-refractivity contribution in [2.75, 3.05) is 0 Å². The fourth-order valence-corrected chi connectivity index (χ4v) is 1.71. The zero-order chi connectivity index (χ0) is 8.55. The Morgan fingerprint density at radius 3 is 2.83 bits per heavy atom. The minimum absolute atomic E-state index is 0.0561. The van der Waals surface area contributed by atoms with Crippen LogP contribution in [0.25, 0.3) is 0 Å². The van der Waals surface area contributed by atoms with Crippen LogP contribution < -0.4 is 0 Å². The second kappa shape index (κ2) is 2.90. The van der Waals surface area contributed by atoms with Gasteiger partial charge >= 0.3 is 0 Å². The molecular weight excluding hydrogens is 152 g/mol. The number of hydrogen-bond acceptors (Lipinski definition) is 2. The Morgan fingerprint density at radius 2 is 2.42 bits per heavy atom. The van der Waals surface area contributed by atoms with Crippen LogP contribution in [0.2, 0.25) is 0 Å². The molecule has 0 unspecified atom stereocenters. The van der Waals surface area contributed by atoms with Gasteiger partial charge in [0.15, 0.2) is 0 Å². The molecule has 0 radical (unpaired) electrons. The van der Waals surface area contributed by atoms with Crippen molar-refractivity contribution >= 4 is 0 Å². The van der Waals surface area contributed by atoms with Gasteiger partial charge in [0.25, 0.3) is 0 Å². The molecule has 0 spiro atoms. The fourth-order valence-electron chi connectivity index (χ4n) is 1.71. The number of aliphatic hydroxyl groups excluding tert-OH is 1. The molecule has 12 heavy (non-hydrogen) atoms. The van der Waals surface area contributed by atoms with E-state index in [9.17, 15) is 0 Å². The summed E-state index contributed by atoms with van der Waals surface area (Å²) in [5, 5.41) is 13.1. The van der Waals surface area contributed by atoms with Gasteiger partial charge in [-0.1, -0.05) is 6.42 Å². The fraction of sp³-hybridized carbons (Fsp3) is 0.667. The van der Waals surface area contributed by atoms with Crippen LogP contribution in [0.1, 0.15) is 36.6 Å². The lowest BCUT2D eigenvalue weighted by molar-refractivity contribution is 0.275. The molecule has 1 fully saturated rings. The maximum absolute atomic E-state index is 8.87. The third-order valence-electron chi connectivity index (χ3n) is 2.65. The molecule has 1 aromatic rings. The average molecular weight is 166 g/mol. The number of rotatable bonds is 2. The molecule has 2 rings (SSSR count). The quantitative estimate of drug-likeness (QED) is 0.716. The first kappa shape index (κ1) is 7.80. The molecule has 3 nitrogen and oxygen atoms in total. The van der Waals surface area contributed by atoms with Gasteiger partial charge in [-0.3, -0.25) is 4.68 Å². The molecule has 0 atom stereocenters. The molecule has 66 valence electrons. The van der Waals surface area contributed by atoms with Crippen molar-refractivity contribution in [3.8, 4) is 0 Å². The van der Waals surface area contributed by atoms with Crippen molar-refractivity contribution in [3.63, 3.8) is 0 Å². The summed E-state index contributed by atoms with van der Waals surface area (Å²) in [7, 11) is 1.95. The summed E-state index contributed by atoms with van der Waals surface area (Å²) in [6.45, 7) is 0.0561. The van der Waals surface area contributed by atoms with Crippen LogP contribution in [-0.4, -0.2) is 14.9 Å². The lowest BCUT2D eigenvalue weighted by atomic mass is 9.83. The number of aromatic nitrogens is 2. The largest absolute Gasteiger partial charge is 0.390 e. The molecule has 1 aliphatic rings. The molecule has 0 bridgehead atoms. The first-order valence-electron chi connectivity index (χ1n) is 4.45. The van der Waals surface area contributed by atoms with Gasteiger partial charge in [-0.05, 0) is 18.9 Å². The predicted molar refractivity (Wildman–Crippen MR) is 45.7 cm³/mol. The van der Waals surface area contributed by atoms with E-state index in [2.05, 4.69) is 5.10 Å². The molecule has 0 aliphatic heterocycles. The molecule has 1 aliphatic carbocycles. The maximum atomic E-state index is 8.87. The van der Waals surface area contributed by atoms with Crippen LogP contribution in [0, 0.1) is 0 Å². The zero-order valence-corrected chi connectivity index (χ0v) is 7.32. The van der Waals surface area contributed by atoms with E-state index < -0.39 is 0 Å². The number of hydrogen-bond donors (Lipinski definition) is 1. The maximum Gasteiger partial charge on any atom is 0.0881 e. The highest BCUT2D eigenvalue weighted by molar-refractivity contribution is 5.16. The van der Waals surface area contributed by atoms with Crippen LogP contribution in [0.15, 0.2) is 6.07 Å². The van der Waals surface area contributed by atoms with Crippen LogP contribution in [0.3, 0.4) is 0 Å². The number of aryl methyl sites for hydroxylation is 1. The van der Waals surface area contributed by atoms with Gasteiger partial charge in [0.2, 0.25) is 0 Å². The van der Waals surface area contributed by atoms with Crippen molar-refractivity contribution < 1.29 is 5.11 Å². The zero-order valence-electron chi connectivity index (χ0n) is 7.32. The van der Waals surface area contributed by atoms with E-state index in [-0.39, 0.29) is 6.61 Å². The molecule has 1 aromatic heterocycles. The summed E-state index contributed by atoms with van der Waals surface area (Å²) in [5.74, 6) is 0.697. The predicted octanol–water partition coefficient (Wildman–Crippen LogP) is 1.18. The molecular formula is C9H14N2O. The van der Waals surface area contributed by atoms with Crippen molar-refractivity contribution in [1.82, 2.24) is 9.78 Å². The summed E-state index contributed by atoms with van der Waals surface area (Å²) >= 11 is 0. The third-order valence-corrected chi connectivity index (χ3v) is 2.65. The highest BCUT2D eigenvalue weighted by Crippen LogP contribution is 2.36. The van der Waals surface area contributed by atoms with E-state index >= 15 is 0 Å². The van der Waals surface area contributed by atoms with Crippen LogP contribution in [0.5, 0.6) is 0 Å². The minimum Gasteiger partial charge on any atom is -0.390 e. The molecule has 3 heteroatoms. The second-order valence-corrected chi connectivity index (χ2v) is 3.47. The Morgan fingerprint density at radius 1 is 1.67 bits per heavy atom. The van der Waals surface area contributed by atoms with Crippen molar-refractivity contribution in [3.05, 3.63) is 17.5 Å². The van der Waals surface area contributed by atoms with Crippen LogP contribution in [0.4, 0.5) is 0 Å². The highest BCUT2D eigenvalue weighted by atomic mass is 16.3. The van der Waals surface area contributed by atoms with Gasteiger partial charge in [-0.2, -0.15) is 5.10 Å². The van der Waals surface area contributed by atoms with E-state index in [0.29, 0.717) is 5.92 Å². The molecule has 0 amide bonds. The Labute approximate surface area is 72.0 Å². The summed E-state index contributed by atoms with van der Waals surface area (Å²) in [5.41, 5.74) is 2.07. The number of aliphatic hydroxyl groups is 1. The molecule has 1 saturated carbocycles. The Kier molecular flexibility index (Phi) is 1.89. The lowest BCUT2D eigenvalue weighted by Crippen LogP contribution is -2.12. The Balaban J connectivity index is 2.23. The first-order chi connectivity index (χ1) is 5.81. The minimum atomic E-state index is 0.0561. The van der Waals surface area contributed by atoms with Gasteiger partial charge < -0.3 is 5.11 Å². The average Bonchev–Trinajstić information content (AvgIpc) is 2.29. The van der Waals surface area contributed by atoms with Gasteiger partial charge in [0.05, 0.1) is 12.3 Å². The van der Waals surface area contributed by atoms with E-state index in [4.69, 9.17) is 5.11 Å². The van der Waals surface area contributed by atoms with Crippen LogP contribution in [-0.2, 0) is 13.7 Å². The van der Waals surface area contributed by atoms with E-state index in [0.717, 1.165) is 5.69 Å². The molecule has 1 N–H and O–H groups in total. The first-order valence-corrected chi connectivity index (χ1v) is 4.45. The van der Waals surface area contributed by atoms with Crippen molar-refractivity contribution in [2.24, 2.45) is 7.05 Å². The molecule has 0 aromatic carbocycles.